The summed E-state index contributed by atoms with van der Waals surface area (Å²) >= 11 is 0. The number of benzene rings is 1. The number of amides is 1. The molecule has 0 aliphatic rings. The normalized spacial score (nSPS) is 10.5. The number of Topliss-reactive ketones (excluding diaryl/α,β-unsaturated/α-hetero) is 1. The molecule has 1 aromatic carbocycles. The maximum absolute atomic E-state index is 12.0. The lowest BCUT2D eigenvalue weighted by Crippen LogP contribution is -2.26. The molecule has 1 amide bonds. The van der Waals surface area contributed by atoms with Gasteiger partial charge in [-0.3, -0.25) is 9.59 Å². The van der Waals surface area contributed by atoms with E-state index in [2.05, 4.69) is 12.2 Å². The molecule has 0 aliphatic carbocycles. The molecule has 23 heavy (non-hydrogen) atoms. The van der Waals surface area contributed by atoms with Crippen LogP contribution in [-0.4, -0.2) is 23.3 Å². The second-order valence-corrected chi connectivity index (χ2v) is 5.93. The van der Waals surface area contributed by atoms with Crippen molar-refractivity contribution in [2.24, 2.45) is 0 Å². The molecule has 0 heterocycles. The molecule has 2 N–H and O–H groups in total. The first-order chi connectivity index (χ1) is 11.2. The van der Waals surface area contributed by atoms with Gasteiger partial charge in [0.2, 0.25) is 5.91 Å². The molecule has 4 heteroatoms. The van der Waals surface area contributed by atoms with E-state index in [4.69, 9.17) is 5.11 Å². The summed E-state index contributed by atoms with van der Waals surface area (Å²) in [6.45, 7) is 2.80. The summed E-state index contributed by atoms with van der Waals surface area (Å²) in [6, 6.07) is 6.70. The van der Waals surface area contributed by atoms with Crippen LogP contribution >= 0.6 is 0 Å². The van der Waals surface area contributed by atoms with Crippen LogP contribution in [-0.2, 0) is 11.4 Å². The quantitative estimate of drug-likeness (QED) is 0.351. The van der Waals surface area contributed by atoms with Crippen molar-refractivity contribution in [3.8, 4) is 0 Å². The van der Waals surface area contributed by atoms with Crippen LogP contribution in [0.5, 0.6) is 0 Å². The second kappa shape index (κ2) is 11.8. The number of hydrogen-bond acceptors (Lipinski definition) is 3. The third kappa shape index (κ3) is 8.50. The van der Waals surface area contributed by atoms with Gasteiger partial charge in [-0.2, -0.15) is 0 Å². The monoisotopic (exact) mass is 319 g/mol. The van der Waals surface area contributed by atoms with E-state index in [9.17, 15) is 9.59 Å². The Hall–Kier alpha value is -1.68. The van der Waals surface area contributed by atoms with Gasteiger partial charge in [-0.15, -0.1) is 0 Å². The first kappa shape index (κ1) is 19.4. The maximum Gasteiger partial charge on any atom is 0.227 e. The summed E-state index contributed by atoms with van der Waals surface area (Å²) in [4.78, 5) is 23.7. The first-order valence-electron chi connectivity index (χ1n) is 8.67. The van der Waals surface area contributed by atoms with E-state index >= 15 is 0 Å². The van der Waals surface area contributed by atoms with E-state index in [1.54, 1.807) is 24.3 Å². The van der Waals surface area contributed by atoms with Gasteiger partial charge in [0.15, 0.2) is 5.78 Å². The Morgan fingerprint density at radius 3 is 2.17 bits per heavy atom. The van der Waals surface area contributed by atoms with Crippen LogP contribution in [0.25, 0.3) is 0 Å². The average Bonchev–Trinajstić information content (AvgIpc) is 2.57. The number of unbranched alkanes of at least 4 members (excludes halogenated alkanes) is 6. The van der Waals surface area contributed by atoms with Crippen molar-refractivity contribution in [3.05, 3.63) is 35.4 Å². The minimum absolute atomic E-state index is 0.0482. The average molecular weight is 319 g/mol. The third-order valence-electron chi connectivity index (χ3n) is 3.88. The molecule has 0 spiro atoms. The number of aliphatic hydroxyl groups is 1. The lowest BCUT2D eigenvalue weighted by Gasteiger charge is -2.05. The Labute approximate surface area is 139 Å². The van der Waals surface area contributed by atoms with E-state index in [0.717, 1.165) is 18.4 Å². The van der Waals surface area contributed by atoms with Crippen molar-refractivity contribution in [2.75, 3.05) is 6.54 Å². The third-order valence-corrected chi connectivity index (χ3v) is 3.88. The molecule has 0 saturated carbocycles. The smallest absolute Gasteiger partial charge is 0.227 e. The fourth-order valence-electron chi connectivity index (χ4n) is 2.42. The van der Waals surface area contributed by atoms with E-state index < -0.39 is 0 Å². The van der Waals surface area contributed by atoms with Gasteiger partial charge in [0.25, 0.3) is 0 Å². The largest absolute Gasteiger partial charge is 0.392 e. The Bertz CT molecular complexity index is 468. The summed E-state index contributed by atoms with van der Waals surface area (Å²) in [7, 11) is 0. The maximum atomic E-state index is 12.0. The van der Waals surface area contributed by atoms with Crippen molar-refractivity contribution < 1.29 is 14.7 Å². The van der Waals surface area contributed by atoms with E-state index in [0.29, 0.717) is 12.1 Å². The molecule has 128 valence electrons. The SMILES string of the molecule is CCCCCCCCCNC(=O)CC(=O)c1ccc(CO)cc1. The van der Waals surface area contributed by atoms with Gasteiger partial charge >= 0.3 is 0 Å². The zero-order chi connectivity index (χ0) is 16.9. The van der Waals surface area contributed by atoms with Crippen LogP contribution in [0.1, 0.15) is 74.2 Å². The summed E-state index contributed by atoms with van der Waals surface area (Å²) in [5.74, 6) is -0.404. The standard InChI is InChI=1S/C19H29NO3/c1-2-3-4-5-6-7-8-13-20-19(23)14-18(22)17-11-9-16(15-21)10-12-17/h9-12,21H,2-8,13-15H2,1H3,(H,20,23). The van der Waals surface area contributed by atoms with Crippen LogP contribution in [0.3, 0.4) is 0 Å². The number of carbonyl (C=O) groups is 2. The van der Waals surface area contributed by atoms with Crippen molar-refractivity contribution in [3.63, 3.8) is 0 Å². The molecule has 0 atom stereocenters. The van der Waals surface area contributed by atoms with Gasteiger partial charge in [0.1, 0.15) is 0 Å². The van der Waals surface area contributed by atoms with Crippen molar-refractivity contribution >= 4 is 11.7 Å². The van der Waals surface area contributed by atoms with E-state index in [1.807, 2.05) is 0 Å². The van der Waals surface area contributed by atoms with Crippen molar-refractivity contribution in [2.45, 2.75) is 64.9 Å². The zero-order valence-electron chi connectivity index (χ0n) is 14.1. The molecule has 0 aliphatic heterocycles. The summed E-state index contributed by atoms with van der Waals surface area (Å²) in [6.07, 6.45) is 8.32. The molecule has 1 aromatic rings. The number of nitrogens with one attached hydrogen (secondary N) is 1. The molecule has 0 aromatic heterocycles. The molecular formula is C19H29NO3. The van der Waals surface area contributed by atoms with Gasteiger partial charge < -0.3 is 10.4 Å². The predicted molar refractivity (Wildman–Crippen MR) is 92.3 cm³/mol. The van der Waals surface area contributed by atoms with Crippen LogP contribution < -0.4 is 5.32 Å². The highest BCUT2D eigenvalue weighted by Gasteiger charge is 2.11. The number of ketones is 1. The summed E-state index contributed by atoms with van der Waals surface area (Å²) in [5.41, 5.74) is 1.26. The van der Waals surface area contributed by atoms with Crippen LogP contribution in [0, 0.1) is 0 Å². The fourth-order valence-corrected chi connectivity index (χ4v) is 2.42. The highest BCUT2D eigenvalue weighted by Crippen LogP contribution is 2.08. The van der Waals surface area contributed by atoms with Crippen LogP contribution in [0.4, 0.5) is 0 Å². The Balaban J connectivity index is 2.14. The Kier molecular flexibility index (Phi) is 9.96. The van der Waals surface area contributed by atoms with E-state index in [-0.39, 0.29) is 24.7 Å². The van der Waals surface area contributed by atoms with Gasteiger partial charge in [0, 0.05) is 12.1 Å². The molecule has 0 unspecified atom stereocenters. The van der Waals surface area contributed by atoms with Gasteiger partial charge in [-0.05, 0) is 12.0 Å². The molecule has 1 rings (SSSR count). The number of rotatable bonds is 12. The molecule has 4 nitrogen and oxygen atoms in total. The lowest BCUT2D eigenvalue weighted by atomic mass is 10.1. The van der Waals surface area contributed by atoms with E-state index in [1.165, 1.54) is 32.1 Å². The number of aliphatic hydroxyl groups excluding tert-OH is 1. The predicted octanol–water partition coefficient (Wildman–Crippen LogP) is 3.62. The van der Waals surface area contributed by atoms with Crippen LogP contribution in [0.2, 0.25) is 0 Å². The molecule has 0 radical (unpaired) electrons. The molecule has 0 fully saturated rings. The molecule has 0 saturated heterocycles. The summed E-state index contributed by atoms with van der Waals surface area (Å²) < 4.78 is 0. The molecular weight excluding hydrogens is 290 g/mol. The topological polar surface area (TPSA) is 66.4 Å². The second-order valence-electron chi connectivity index (χ2n) is 5.93. The van der Waals surface area contributed by atoms with Crippen LogP contribution in [0.15, 0.2) is 24.3 Å². The van der Waals surface area contributed by atoms with Crippen molar-refractivity contribution in [1.82, 2.24) is 5.32 Å². The van der Waals surface area contributed by atoms with Gasteiger partial charge in [0.05, 0.1) is 13.0 Å². The first-order valence-corrected chi connectivity index (χ1v) is 8.67. The Morgan fingerprint density at radius 1 is 0.957 bits per heavy atom. The minimum atomic E-state index is -0.216. The molecule has 0 bridgehead atoms. The van der Waals surface area contributed by atoms with Gasteiger partial charge in [-0.25, -0.2) is 0 Å². The zero-order valence-corrected chi connectivity index (χ0v) is 14.1. The van der Waals surface area contributed by atoms with Gasteiger partial charge in [-0.1, -0.05) is 69.7 Å². The Morgan fingerprint density at radius 2 is 1.57 bits per heavy atom. The highest BCUT2D eigenvalue weighted by molar-refractivity contribution is 6.07. The number of carbonyl (C=O) groups excluding carboxylic acids is 2. The summed E-state index contributed by atoms with van der Waals surface area (Å²) in [5, 5.41) is 11.8. The fraction of sp³-hybridized carbons (Fsp3) is 0.579. The van der Waals surface area contributed by atoms with Crippen molar-refractivity contribution in [1.29, 1.82) is 0 Å². The minimum Gasteiger partial charge on any atom is -0.392 e. The number of hydrogen-bond donors (Lipinski definition) is 2. The lowest BCUT2D eigenvalue weighted by molar-refractivity contribution is -0.120. The highest BCUT2D eigenvalue weighted by atomic mass is 16.3.